The highest BCUT2D eigenvalue weighted by molar-refractivity contribution is 9.10. The lowest BCUT2D eigenvalue weighted by Crippen LogP contribution is -3.08. The zero-order chi connectivity index (χ0) is 13.7. The Morgan fingerprint density at radius 3 is 2.89 bits per heavy atom. The van der Waals surface area contributed by atoms with E-state index in [4.69, 9.17) is 0 Å². The lowest BCUT2D eigenvalue weighted by atomic mass is 10.3. The number of rotatable bonds is 5. The molecule has 0 saturated carbocycles. The van der Waals surface area contributed by atoms with Crippen LogP contribution in [0.1, 0.15) is 4.88 Å². The zero-order valence-corrected chi connectivity index (χ0v) is 13.1. The summed E-state index contributed by atoms with van der Waals surface area (Å²) >= 11 is 5.11. The Balaban J connectivity index is 1.84. The molecular weight excluding hydrogens is 324 g/mol. The molecule has 1 aromatic carbocycles. The Hall–Kier alpha value is -1.17. The minimum atomic E-state index is 0.0344. The third-order valence-electron chi connectivity index (χ3n) is 2.63. The summed E-state index contributed by atoms with van der Waals surface area (Å²) in [4.78, 5) is 14.4. The molecule has 2 aromatic rings. The Labute approximate surface area is 125 Å². The molecule has 0 fully saturated rings. The molecule has 1 aromatic heterocycles. The van der Waals surface area contributed by atoms with Crippen LogP contribution >= 0.6 is 27.3 Å². The van der Waals surface area contributed by atoms with Crippen molar-refractivity contribution in [2.45, 2.75) is 6.54 Å². The minimum absolute atomic E-state index is 0.0344. The molecule has 19 heavy (non-hydrogen) atoms. The first-order valence-electron chi connectivity index (χ1n) is 6.02. The number of likely N-dealkylation sites (N-methyl/N-ethyl adjacent to an activating group) is 1. The molecule has 1 unspecified atom stereocenters. The lowest BCUT2D eigenvalue weighted by molar-refractivity contribution is -0.884. The second-order valence-corrected chi connectivity index (χ2v) is 6.40. The van der Waals surface area contributed by atoms with Gasteiger partial charge in [0.15, 0.2) is 6.54 Å². The number of quaternary nitrogens is 1. The summed E-state index contributed by atoms with van der Waals surface area (Å²) in [7, 11) is 2.03. The smallest absolute Gasteiger partial charge is 0.279 e. The number of hydrogen-bond donors (Lipinski definition) is 2. The van der Waals surface area contributed by atoms with Crippen molar-refractivity contribution in [3.63, 3.8) is 0 Å². The van der Waals surface area contributed by atoms with E-state index in [-0.39, 0.29) is 5.91 Å². The van der Waals surface area contributed by atoms with Gasteiger partial charge in [-0.15, -0.1) is 11.3 Å². The van der Waals surface area contributed by atoms with Gasteiger partial charge < -0.3 is 10.2 Å². The highest BCUT2D eigenvalue weighted by Gasteiger charge is 2.11. The number of thiophene rings is 1. The Morgan fingerprint density at radius 1 is 1.37 bits per heavy atom. The van der Waals surface area contributed by atoms with Gasteiger partial charge in [-0.25, -0.2) is 0 Å². The van der Waals surface area contributed by atoms with E-state index >= 15 is 0 Å². The van der Waals surface area contributed by atoms with Crippen LogP contribution < -0.4 is 10.2 Å². The van der Waals surface area contributed by atoms with E-state index in [1.807, 2.05) is 37.4 Å². The highest BCUT2D eigenvalue weighted by Crippen LogP contribution is 2.15. The molecule has 1 amide bonds. The van der Waals surface area contributed by atoms with Gasteiger partial charge in [-0.3, -0.25) is 4.79 Å². The number of halogens is 1. The second-order valence-electron chi connectivity index (χ2n) is 4.45. The molecule has 1 heterocycles. The fourth-order valence-corrected chi connectivity index (χ4v) is 3.04. The quantitative estimate of drug-likeness (QED) is 0.859. The molecular formula is C14H16BrN2OS+. The molecule has 0 radical (unpaired) electrons. The van der Waals surface area contributed by atoms with Crippen LogP contribution in [0, 0.1) is 0 Å². The number of anilines is 1. The van der Waals surface area contributed by atoms with Gasteiger partial charge in [-0.1, -0.05) is 28.1 Å². The van der Waals surface area contributed by atoms with Crippen LogP contribution in [0.3, 0.4) is 0 Å². The lowest BCUT2D eigenvalue weighted by Gasteiger charge is -2.13. The first kappa shape index (κ1) is 14.2. The largest absolute Gasteiger partial charge is 0.325 e. The van der Waals surface area contributed by atoms with Gasteiger partial charge in [-0.2, -0.15) is 0 Å². The van der Waals surface area contributed by atoms with Crippen LogP contribution in [-0.2, 0) is 11.3 Å². The predicted molar refractivity (Wildman–Crippen MR) is 82.5 cm³/mol. The molecule has 3 nitrogen and oxygen atoms in total. The van der Waals surface area contributed by atoms with Crippen LogP contribution in [0.25, 0.3) is 0 Å². The van der Waals surface area contributed by atoms with Gasteiger partial charge in [0.1, 0.15) is 6.54 Å². The molecule has 1 atom stereocenters. The van der Waals surface area contributed by atoms with Gasteiger partial charge >= 0.3 is 0 Å². The number of carbonyl (C=O) groups is 1. The van der Waals surface area contributed by atoms with Crippen molar-refractivity contribution in [3.05, 3.63) is 51.1 Å². The van der Waals surface area contributed by atoms with E-state index in [2.05, 4.69) is 32.7 Å². The highest BCUT2D eigenvalue weighted by atomic mass is 79.9. The predicted octanol–water partition coefficient (Wildman–Crippen LogP) is 2.16. The van der Waals surface area contributed by atoms with Gasteiger partial charge in [0.2, 0.25) is 0 Å². The maximum absolute atomic E-state index is 11.9. The van der Waals surface area contributed by atoms with Crippen molar-refractivity contribution in [2.75, 3.05) is 18.9 Å². The van der Waals surface area contributed by atoms with E-state index in [9.17, 15) is 4.79 Å². The van der Waals surface area contributed by atoms with Crippen molar-refractivity contribution in [1.29, 1.82) is 0 Å². The molecule has 100 valence electrons. The first-order valence-corrected chi connectivity index (χ1v) is 7.70. The van der Waals surface area contributed by atoms with Crippen LogP contribution in [0.4, 0.5) is 5.69 Å². The molecule has 0 spiro atoms. The van der Waals surface area contributed by atoms with Gasteiger partial charge in [0.25, 0.3) is 5.91 Å². The SMILES string of the molecule is C[NH+](CC(=O)Nc1cccc(Br)c1)Cc1cccs1. The topological polar surface area (TPSA) is 33.5 Å². The number of carbonyl (C=O) groups excluding carboxylic acids is 1. The average Bonchev–Trinajstić information content (AvgIpc) is 2.81. The average molecular weight is 340 g/mol. The number of nitrogens with one attached hydrogen (secondary N) is 2. The molecule has 0 bridgehead atoms. The summed E-state index contributed by atoms with van der Waals surface area (Å²) in [5, 5.41) is 4.97. The van der Waals surface area contributed by atoms with Crippen LogP contribution in [-0.4, -0.2) is 19.5 Å². The van der Waals surface area contributed by atoms with Gasteiger partial charge in [-0.05, 0) is 29.6 Å². The summed E-state index contributed by atoms with van der Waals surface area (Å²) in [5.41, 5.74) is 0.822. The fraction of sp³-hybridized carbons (Fsp3) is 0.214. The summed E-state index contributed by atoms with van der Waals surface area (Å²) in [5.74, 6) is 0.0344. The van der Waals surface area contributed by atoms with E-state index in [1.165, 1.54) is 9.78 Å². The van der Waals surface area contributed by atoms with Gasteiger partial charge in [0, 0.05) is 10.2 Å². The molecule has 2 N–H and O–H groups in total. The fourth-order valence-electron chi connectivity index (χ4n) is 1.82. The standard InChI is InChI=1S/C14H15BrN2OS/c1-17(9-13-6-3-7-19-13)10-14(18)16-12-5-2-4-11(15)8-12/h2-8H,9-10H2,1H3,(H,16,18)/p+1. The Morgan fingerprint density at radius 2 is 2.21 bits per heavy atom. The number of hydrogen-bond acceptors (Lipinski definition) is 2. The third-order valence-corrected chi connectivity index (χ3v) is 4.00. The Bertz CT molecular complexity index is 542. The van der Waals surface area contributed by atoms with Crippen LogP contribution in [0.2, 0.25) is 0 Å². The second kappa shape index (κ2) is 6.84. The maximum atomic E-state index is 11.9. The molecule has 0 aliphatic carbocycles. The van der Waals surface area contributed by atoms with Crippen LogP contribution in [0.15, 0.2) is 46.3 Å². The normalized spacial score (nSPS) is 12.1. The molecule has 0 aliphatic heterocycles. The molecule has 2 rings (SSSR count). The summed E-state index contributed by atoms with van der Waals surface area (Å²) in [6, 6.07) is 11.8. The maximum Gasteiger partial charge on any atom is 0.279 e. The van der Waals surface area contributed by atoms with Gasteiger partial charge in [0.05, 0.1) is 11.9 Å². The van der Waals surface area contributed by atoms with Crippen molar-refractivity contribution in [2.24, 2.45) is 0 Å². The van der Waals surface area contributed by atoms with E-state index in [1.54, 1.807) is 11.3 Å². The van der Waals surface area contributed by atoms with E-state index < -0.39 is 0 Å². The van der Waals surface area contributed by atoms with Crippen molar-refractivity contribution in [3.8, 4) is 0 Å². The van der Waals surface area contributed by atoms with E-state index in [0.29, 0.717) is 6.54 Å². The number of benzene rings is 1. The van der Waals surface area contributed by atoms with Crippen molar-refractivity contribution < 1.29 is 9.69 Å². The zero-order valence-electron chi connectivity index (χ0n) is 10.7. The minimum Gasteiger partial charge on any atom is -0.325 e. The van der Waals surface area contributed by atoms with Crippen molar-refractivity contribution in [1.82, 2.24) is 0 Å². The molecule has 5 heteroatoms. The number of amides is 1. The summed E-state index contributed by atoms with van der Waals surface area (Å²) in [6.45, 7) is 1.34. The third kappa shape index (κ3) is 4.78. The monoisotopic (exact) mass is 339 g/mol. The Kier molecular flexibility index (Phi) is 5.13. The first-order chi connectivity index (χ1) is 9.13. The van der Waals surface area contributed by atoms with Crippen molar-refractivity contribution >= 4 is 38.9 Å². The van der Waals surface area contributed by atoms with Crippen LogP contribution in [0.5, 0.6) is 0 Å². The molecule has 0 saturated heterocycles. The molecule has 0 aliphatic rings. The summed E-state index contributed by atoms with van der Waals surface area (Å²) < 4.78 is 0.963. The summed E-state index contributed by atoms with van der Waals surface area (Å²) in [6.07, 6.45) is 0. The van der Waals surface area contributed by atoms with E-state index in [0.717, 1.165) is 16.7 Å².